The van der Waals surface area contributed by atoms with Gasteiger partial charge in [-0.3, -0.25) is 9.59 Å². The molecule has 7 heteroatoms. The van der Waals surface area contributed by atoms with E-state index in [9.17, 15) is 9.59 Å². The van der Waals surface area contributed by atoms with E-state index in [2.05, 4.69) is 15.5 Å². The van der Waals surface area contributed by atoms with Crippen molar-refractivity contribution in [2.24, 2.45) is 0 Å². The van der Waals surface area contributed by atoms with E-state index in [1.807, 2.05) is 0 Å². The number of hydrogen-bond donors (Lipinski definition) is 1. The Hall–Kier alpha value is -2.44. The van der Waals surface area contributed by atoms with Crippen molar-refractivity contribution in [3.63, 3.8) is 0 Å². The number of amides is 2. The average Bonchev–Trinajstić information content (AvgIpc) is 3.11. The van der Waals surface area contributed by atoms with Crippen molar-refractivity contribution in [3.8, 4) is 0 Å². The van der Waals surface area contributed by atoms with Gasteiger partial charge in [0.1, 0.15) is 6.04 Å². The fraction of sp³-hybridized carbons (Fsp3) is 0.429. The number of nitrogens with one attached hydrogen (secondary N) is 1. The van der Waals surface area contributed by atoms with E-state index in [0.717, 1.165) is 0 Å². The van der Waals surface area contributed by atoms with Crippen LogP contribution in [-0.2, 0) is 4.79 Å². The Morgan fingerprint density at radius 2 is 2.29 bits per heavy atom. The molecule has 108 valence electrons. The van der Waals surface area contributed by atoms with Gasteiger partial charge in [-0.05, 0) is 26.3 Å². The molecule has 21 heavy (non-hydrogen) atoms. The number of aryl methyl sites for hydroxylation is 2. The lowest BCUT2D eigenvalue weighted by atomic mass is 10.1. The zero-order valence-electron chi connectivity index (χ0n) is 11.7. The maximum absolute atomic E-state index is 12.8. The molecular weight excluding hydrogens is 272 g/mol. The number of likely N-dealkylation sites (tertiary alicyclic amines) is 1. The maximum Gasteiger partial charge on any atom is 0.258 e. The summed E-state index contributed by atoms with van der Waals surface area (Å²) >= 11 is 0. The molecule has 4 rings (SSSR count). The first-order valence-electron chi connectivity index (χ1n) is 6.89. The highest BCUT2D eigenvalue weighted by Gasteiger charge is 2.46. The van der Waals surface area contributed by atoms with Crippen molar-refractivity contribution >= 4 is 22.9 Å². The van der Waals surface area contributed by atoms with Crippen LogP contribution in [0.15, 0.2) is 10.6 Å². The summed E-state index contributed by atoms with van der Waals surface area (Å²) < 4.78 is 5.15. The molecule has 2 aromatic heterocycles. The van der Waals surface area contributed by atoms with E-state index in [4.69, 9.17) is 4.52 Å². The third kappa shape index (κ3) is 1.66. The van der Waals surface area contributed by atoms with Crippen molar-refractivity contribution in [2.75, 3.05) is 6.54 Å². The molecule has 2 fully saturated rings. The van der Waals surface area contributed by atoms with E-state index >= 15 is 0 Å². The molecule has 0 spiro atoms. The third-order valence-electron chi connectivity index (χ3n) is 4.19. The molecule has 4 heterocycles. The number of carbonyl (C=O) groups is 2. The van der Waals surface area contributed by atoms with Gasteiger partial charge >= 0.3 is 0 Å². The standard InChI is InChI=1S/C14H14N4O3/c1-6-3-9(11-7(2)17-21-13(11)15-6)14(20)18-5-8-4-10(18)12(19)16-8/h3,8,10H,4-5H2,1-2H3,(H,16,19)/t8-,10-/m0/s1. The van der Waals surface area contributed by atoms with E-state index < -0.39 is 0 Å². The van der Waals surface area contributed by atoms with Crippen molar-refractivity contribution in [2.45, 2.75) is 32.4 Å². The Balaban J connectivity index is 1.81. The topological polar surface area (TPSA) is 88.3 Å². The lowest BCUT2D eigenvalue weighted by Gasteiger charge is -2.26. The molecule has 7 nitrogen and oxygen atoms in total. The normalized spacial score (nSPS) is 23.9. The fourth-order valence-corrected chi connectivity index (χ4v) is 3.25. The fourth-order valence-electron chi connectivity index (χ4n) is 3.25. The summed E-state index contributed by atoms with van der Waals surface area (Å²) in [6, 6.07) is 1.46. The quantitative estimate of drug-likeness (QED) is 0.827. The second kappa shape index (κ2) is 4.03. The number of nitrogens with zero attached hydrogens (tertiary/aromatic N) is 3. The maximum atomic E-state index is 12.8. The molecule has 0 unspecified atom stereocenters. The summed E-state index contributed by atoms with van der Waals surface area (Å²) in [6.45, 7) is 4.14. The van der Waals surface area contributed by atoms with Crippen LogP contribution in [0.4, 0.5) is 0 Å². The number of piperazine rings is 1. The summed E-state index contributed by atoms with van der Waals surface area (Å²) in [5.74, 6) is -0.220. The molecule has 2 aliphatic heterocycles. The summed E-state index contributed by atoms with van der Waals surface area (Å²) in [6.07, 6.45) is 0.695. The van der Waals surface area contributed by atoms with E-state index in [-0.39, 0.29) is 23.9 Å². The van der Waals surface area contributed by atoms with Crippen LogP contribution < -0.4 is 5.32 Å². The SMILES string of the molecule is Cc1cc(C(=O)N2C[C@@H]3C[C@H]2C(=O)N3)c2c(C)noc2n1. The predicted octanol–water partition coefficient (Wildman–Crippen LogP) is 0.553. The van der Waals surface area contributed by atoms with Crippen LogP contribution in [0.2, 0.25) is 0 Å². The van der Waals surface area contributed by atoms with Gasteiger partial charge in [-0.1, -0.05) is 5.16 Å². The van der Waals surface area contributed by atoms with Gasteiger partial charge in [-0.15, -0.1) is 0 Å². The molecule has 2 bridgehead atoms. The van der Waals surface area contributed by atoms with Crippen molar-refractivity contribution < 1.29 is 14.1 Å². The Labute approximate surface area is 120 Å². The molecule has 2 aliphatic rings. The van der Waals surface area contributed by atoms with Crippen molar-refractivity contribution in [1.29, 1.82) is 0 Å². The lowest BCUT2D eigenvalue weighted by Crippen LogP contribution is -2.50. The minimum Gasteiger partial charge on any atom is -0.350 e. The third-order valence-corrected chi connectivity index (χ3v) is 4.19. The first-order chi connectivity index (χ1) is 10.0. The number of carbonyl (C=O) groups excluding carboxylic acids is 2. The summed E-state index contributed by atoms with van der Waals surface area (Å²) in [5.41, 5.74) is 2.20. The second-order valence-corrected chi connectivity index (χ2v) is 5.67. The first kappa shape index (κ1) is 12.3. The van der Waals surface area contributed by atoms with Gasteiger partial charge < -0.3 is 14.7 Å². The number of hydrogen-bond acceptors (Lipinski definition) is 5. The Bertz CT molecular complexity index is 782. The molecule has 2 aromatic rings. The van der Waals surface area contributed by atoms with Crippen LogP contribution >= 0.6 is 0 Å². The smallest absolute Gasteiger partial charge is 0.258 e. The van der Waals surface area contributed by atoms with Gasteiger partial charge in [-0.25, -0.2) is 4.98 Å². The average molecular weight is 286 g/mol. The number of aromatic nitrogens is 2. The number of fused-ring (bicyclic) bond motifs is 3. The highest BCUT2D eigenvalue weighted by atomic mass is 16.5. The molecule has 0 radical (unpaired) electrons. The highest BCUT2D eigenvalue weighted by Crippen LogP contribution is 2.29. The van der Waals surface area contributed by atoms with Gasteiger partial charge in [-0.2, -0.15) is 0 Å². The minimum absolute atomic E-state index is 0.0661. The van der Waals surface area contributed by atoms with Crippen LogP contribution in [0, 0.1) is 13.8 Å². The number of rotatable bonds is 1. The van der Waals surface area contributed by atoms with Crippen molar-refractivity contribution in [1.82, 2.24) is 20.4 Å². The molecular formula is C14H14N4O3. The first-order valence-corrected chi connectivity index (χ1v) is 6.89. The summed E-state index contributed by atoms with van der Waals surface area (Å²) in [7, 11) is 0. The van der Waals surface area contributed by atoms with Gasteiger partial charge in [0.2, 0.25) is 5.91 Å². The Morgan fingerprint density at radius 1 is 1.48 bits per heavy atom. The second-order valence-electron chi connectivity index (χ2n) is 5.67. The predicted molar refractivity (Wildman–Crippen MR) is 72.7 cm³/mol. The van der Waals surface area contributed by atoms with E-state index in [1.165, 1.54) is 0 Å². The van der Waals surface area contributed by atoms with E-state index in [0.29, 0.717) is 41.0 Å². The van der Waals surface area contributed by atoms with Crippen LogP contribution in [0.1, 0.15) is 28.2 Å². The van der Waals surface area contributed by atoms with Crippen LogP contribution in [0.5, 0.6) is 0 Å². The molecule has 2 amide bonds. The summed E-state index contributed by atoms with van der Waals surface area (Å²) in [4.78, 5) is 30.5. The van der Waals surface area contributed by atoms with Gasteiger partial charge in [0.15, 0.2) is 0 Å². The Kier molecular flexibility index (Phi) is 2.36. The highest BCUT2D eigenvalue weighted by molar-refractivity contribution is 6.08. The largest absolute Gasteiger partial charge is 0.350 e. The van der Waals surface area contributed by atoms with Crippen LogP contribution in [0.25, 0.3) is 11.1 Å². The monoisotopic (exact) mass is 286 g/mol. The molecule has 1 N–H and O–H groups in total. The zero-order chi connectivity index (χ0) is 14.7. The number of pyridine rings is 1. The van der Waals surface area contributed by atoms with Crippen LogP contribution in [0.3, 0.4) is 0 Å². The molecule has 2 saturated heterocycles. The van der Waals surface area contributed by atoms with Gasteiger partial charge in [0, 0.05) is 18.3 Å². The zero-order valence-corrected chi connectivity index (χ0v) is 11.7. The molecule has 0 aliphatic carbocycles. The van der Waals surface area contributed by atoms with Crippen LogP contribution in [-0.4, -0.2) is 45.5 Å². The minimum atomic E-state index is -0.355. The lowest BCUT2D eigenvalue weighted by molar-refractivity contribution is -0.124. The Morgan fingerprint density at radius 3 is 3.00 bits per heavy atom. The molecule has 0 saturated carbocycles. The molecule has 0 aromatic carbocycles. The van der Waals surface area contributed by atoms with Gasteiger partial charge in [0.25, 0.3) is 11.6 Å². The van der Waals surface area contributed by atoms with Gasteiger partial charge in [0.05, 0.1) is 16.6 Å². The molecule has 2 atom stereocenters. The summed E-state index contributed by atoms with van der Waals surface area (Å²) in [5, 5.41) is 7.38. The van der Waals surface area contributed by atoms with E-state index in [1.54, 1.807) is 24.8 Å². The van der Waals surface area contributed by atoms with Crippen molar-refractivity contribution in [3.05, 3.63) is 23.0 Å².